The van der Waals surface area contributed by atoms with Gasteiger partial charge in [-0.05, 0) is 99.5 Å². The van der Waals surface area contributed by atoms with Crippen molar-refractivity contribution in [2.45, 2.75) is 76.2 Å². The molecule has 0 aromatic heterocycles. The number of esters is 1. The van der Waals surface area contributed by atoms with Crippen molar-refractivity contribution in [3.8, 4) is 5.75 Å². The zero-order chi connectivity index (χ0) is 22.7. The van der Waals surface area contributed by atoms with Crippen LogP contribution in [-0.2, 0) is 9.53 Å². The molecule has 5 nitrogen and oxygen atoms in total. The summed E-state index contributed by atoms with van der Waals surface area (Å²) in [4.78, 5) is 26.8. The Morgan fingerprint density at radius 1 is 1.06 bits per heavy atom. The van der Waals surface area contributed by atoms with Crippen LogP contribution in [0.2, 0.25) is 0 Å². The molecule has 1 saturated heterocycles. The van der Waals surface area contributed by atoms with Crippen molar-refractivity contribution in [2.75, 3.05) is 20.3 Å². The van der Waals surface area contributed by atoms with Crippen LogP contribution in [0.4, 0.5) is 4.39 Å². The van der Waals surface area contributed by atoms with Gasteiger partial charge in [0.05, 0.1) is 19.3 Å². The van der Waals surface area contributed by atoms with E-state index in [4.69, 9.17) is 9.47 Å². The van der Waals surface area contributed by atoms with Gasteiger partial charge in [-0.15, -0.1) is 0 Å². The summed E-state index contributed by atoms with van der Waals surface area (Å²) in [5, 5.41) is 0. The maximum atomic E-state index is 15.3. The predicted octanol–water partition coefficient (Wildman–Crippen LogP) is 5.08. The van der Waals surface area contributed by atoms with Crippen LogP contribution in [0.25, 0.3) is 0 Å². The Morgan fingerprint density at radius 3 is 2.33 bits per heavy atom. The molecule has 1 heterocycles. The van der Waals surface area contributed by atoms with E-state index < -0.39 is 23.7 Å². The summed E-state index contributed by atoms with van der Waals surface area (Å²) in [6.07, 6.45) is 11.3. The van der Waals surface area contributed by atoms with E-state index in [0.717, 1.165) is 42.6 Å². The highest BCUT2D eigenvalue weighted by atomic mass is 19.1. The van der Waals surface area contributed by atoms with Crippen molar-refractivity contribution in [2.24, 2.45) is 23.2 Å². The first-order chi connectivity index (χ1) is 15.9. The van der Waals surface area contributed by atoms with Gasteiger partial charge in [0.2, 0.25) is 0 Å². The van der Waals surface area contributed by atoms with Crippen LogP contribution in [0.5, 0.6) is 5.75 Å². The minimum atomic E-state index is -0.627. The molecule has 1 aliphatic heterocycles. The molecular weight excluding hydrogens is 421 g/mol. The van der Waals surface area contributed by atoms with Crippen LogP contribution >= 0.6 is 0 Å². The van der Waals surface area contributed by atoms with Crippen LogP contribution in [0.1, 0.15) is 86.0 Å². The molecule has 33 heavy (non-hydrogen) atoms. The van der Waals surface area contributed by atoms with Gasteiger partial charge in [0.25, 0.3) is 5.91 Å². The highest BCUT2D eigenvalue weighted by Gasteiger charge is 2.51. The van der Waals surface area contributed by atoms with Gasteiger partial charge in [-0.3, -0.25) is 4.79 Å². The van der Waals surface area contributed by atoms with Gasteiger partial charge >= 0.3 is 5.97 Å². The topological polar surface area (TPSA) is 55.8 Å². The van der Waals surface area contributed by atoms with Gasteiger partial charge in [-0.2, -0.15) is 0 Å². The van der Waals surface area contributed by atoms with Crippen LogP contribution in [-0.4, -0.2) is 43.1 Å². The maximum absolute atomic E-state index is 15.3. The fourth-order valence-corrected chi connectivity index (χ4v) is 7.82. The molecule has 4 bridgehead atoms. The number of ether oxygens (including phenoxy) is 2. The monoisotopic (exact) mass is 455 g/mol. The van der Waals surface area contributed by atoms with Gasteiger partial charge in [0.1, 0.15) is 17.6 Å². The molecule has 1 amide bonds. The van der Waals surface area contributed by atoms with Crippen LogP contribution < -0.4 is 4.74 Å². The van der Waals surface area contributed by atoms with E-state index >= 15 is 4.39 Å². The summed E-state index contributed by atoms with van der Waals surface area (Å²) in [6, 6.07) is 2.51. The molecule has 1 aromatic carbocycles. The van der Waals surface area contributed by atoms with Gasteiger partial charge < -0.3 is 14.4 Å². The van der Waals surface area contributed by atoms with Crippen LogP contribution in [0, 0.1) is 29.0 Å². The Balaban J connectivity index is 1.23. The van der Waals surface area contributed by atoms with E-state index in [1.807, 2.05) is 0 Å². The lowest BCUT2D eigenvalue weighted by molar-refractivity contribution is -0.145. The SMILES string of the molecule is COC(=O)[C@@H]1CCCN1C(=O)c1cc(C2CC2)c(OCC23CC4CC(CC(C4)C2)C3)cc1F. The molecule has 0 N–H and O–H groups in total. The first-order valence-electron chi connectivity index (χ1n) is 12.8. The molecule has 7 rings (SSSR count). The zero-order valence-corrected chi connectivity index (χ0v) is 19.5. The van der Waals surface area contributed by atoms with E-state index in [9.17, 15) is 9.59 Å². The molecular formula is C27H34FNO4. The van der Waals surface area contributed by atoms with Crippen molar-refractivity contribution in [3.63, 3.8) is 0 Å². The number of amides is 1. The first-order valence-corrected chi connectivity index (χ1v) is 12.8. The lowest BCUT2D eigenvalue weighted by Gasteiger charge is -2.56. The number of nitrogens with zero attached hydrogens (tertiary/aromatic N) is 1. The zero-order valence-electron chi connectivity index (χ0n) is 19.5. The second-order valence-corrected chi connectivity index (χ2v) is 11.5. The summed E-state index contributed by atoms with van der Waals surface area (Å²) in [5.74, 6) is 2.09. The molecule has 6 aliphatic rings. The predicted molar refractivity (Wildman–Crippen MR) is 121 cm³/mol. The minimum Gasteiger partial charge on any atom is -0.493 e. The Kier molecular flexibility index (Phi) is 5.19. The average Bonchev–Trinajstić information content (AvgIpc) is 3.51. The van der Waals surface area contributed by atoms with Gasteiger partial charge in [-0.1, -0.05) is 0 Å². The third-order valence-corrected chi connectivity index (χ3v) is 9.03. The van der Waals surface area contributed by atoms with E-state index in [-0.39, 0.29) is 11.0 Å². The highest BCUT2D eigenvalue weighted by molar-refractivity contribution is 5.97. The average molecular weight is 456 g/mol. The fourth-order valence-electron chi connectivity index (χ4n) is 7.82. The lowest BCUT2D eigenvalue weighted by Crippen LogP contribution is -2.48. The van der Waals surface area contributed by atoms with Crippen molar-refractivity contribution in [3.05, 3.63) is 29.1 Å². The second-order valence-electron chi connectivity index (χ2n) is 11.5. The number of hydrogen-bond donors (Lipinski definition) is 0. The number of benzene rings is 1. The summed E-state index contributed by atoms with van der Waals surface area (Å²) >= 11 is 0. The minimum absolute atomic E-state index is 0.0508. The normalized spacial score (nSPS) is 34.5. The molecule has 0 radical (unpaired) electrons. The van der Waals surface area contributed by atoms with Crippen LogP contribution in [0.15, 0.2) is 12.1 Å². The molecule has 5 aliphatic carbocycles. The molecule has 1 aromatic rings. The largest absolute Gasteiger partial charge is 0.493 e. The van der Waals surface area contributed by atoms with E-state index in [0.29, 0.717) is 31.2 Å². The van der Waals surface area contributed by atoms with Crippen molar-refractivity contribution in [1.82, 2.24) is 4.90 Å². The molecule has 0 spiro atoms. The first kappa shape index (κ1) is 21.4. The summed E-state index contributed by atoms with van der Waals surface area (Å²) in [5.41, 5.74) is 1.26. The van der Waals surface area contributed by atoms with E-state index in [2.05, 4.69) is 0 Å². The van der Waals surface area contributed by atoms with Gasteiger partial charge in [-0.25, -0.2) is 9.18 Å². The molecule has 6 fully saturated rings. The van der Waals surface area contributed by atoms with Crippen molar-refractivity contribution >= 4 is 11.9 Å². The number of carbonyl (C=O) groups excluding carboxylic acids is 2. The summed E-state index contributed by atoms with van der Waals surface area (Å²) < 4.78 is 26.5. The quantitative estimate of drug-likeness (QED) is 0.562. The number of likely N-dealkylation sites (tertiary alicyclic amines) is 1. The number of methoxy groups -OCH3 is 1. The molecule has 1 atom stereocenters. The number of halogens is 1. The molecule has 5 saturated carbocycles. The standard InChI is InChI=1S/C27H34FNO4/c1-32-26(31)23-3-2-6-29(23)25(30)21-10-20(19-4-5-19)24(11-22(21)28)33-15-27-12-16-7-17(13-27)9-18(8-16)14-27/h10-11,16-19,23H,2-9,12-15H2,1H3/t16?,17?,18?,23-,27?/m0/s1. The Bertz CT molecular complexity index is 936. The maximum Gasteiger partial charge on any atom is 0.328 e. The van der Waals surface area contributed by atoms with E-state index in [1.54, 1.807) is 6.07 Å². The van der Waals surface area contributed by atoms with Crippen molar-refractivity contribution in [1.29, 1.82) is 0 Å². The number of carbonyl (C=O) groups is 2. The highest BCUT2D eigenvalue weighted by Crippen LogP contribution is 2.60. The number of hydrogen-bond acceptors (Lipinski definition) is 4. The Hall–Kier alpha value is -2.11. The van der Waals surface area contributed by atoms with Gasteiger partial charge in [0.15, 0.2) is 0 Å². The Labute approximate surface area is 195 Å². The third-order valence-electron chi connectivity index (χ3n) is 9.03. The molecule has 178 valence electrons. The third kappa shape index (κ3) is 3.83. The lowest BCUT2D eigenvalue weighted by atomic mass is 9.50. The Morgan fingerprint density at radius 2 is 1.73 bits per heavy atom. The van der Waals surface area contributed by atoms with E-state index in [1.165, 1.54) is 56.6 Å². The smallest absolute Gasteiger partial charge is 0.328 e. The summed E-state index contributed by atoms with van der Waals surface area (Å²) in [6.45, 7) is 1.11. The summed E-state index contributed by atoms with van der Waals surface area (Å²) in [7, 11) is 1.32. The van der Waals surface area contributed by atoms with Gasteiger partial charge in [0, 0.05) is 18.0 Å². The fraction of sp³-hybridized carbons (Fsp3) is 0.704. The van der Waals surface area contributed by atoms with Crippen LogP contribution in [0.3, 0.4) is 0 Å². The number of rotatable bonds is 6. The van der Waals surface area contributed by atoms with Crippen molar-refractivity contribution < 1.29 is 23.5 Å². The molecule has 0 unspecified atom stereocenters. The molecule has 6 heteroatoms. The second kappa shape index (κ2) is 7.99.